The summed E-state index contributed by atoms with van der Waals surface area (Å²) in [7, 11) is 0. The van der Waals surface area contributed by atoms with E-state index in [-0.39, 0.29) is 11.9 Å². The number of nitrogens with one attached hydrogen (secondary N) is 1. The molecule has 0 bridgehead atoms. The first-order valence-electron chi connectivity index (χ1n) is 6.96. The largest absolute Gasteiger partial charge is 0.488 e. The number of ether oxygens (including phenoxy) is 1. The first-order chi connectivity index (χ1) is 9.72. The molecule has 104 valence electrons. The van der Waals surface area contributed by atoms with Crippen LogP contribution in [0.2, 0.25) is 0 Å². The molecule has 1 N–H and O–H groups in total. The molecule has 1 atom stereocenters. The van der Waals surface area contributed by atoms with Gasteiger partial charge in [0.2, 0.25) is 0 Å². The van der Waals surface area contributed by atoms with Crippen molar-refractivity contribution in [3.05, 3.63) is 53.8 Å². The minimum Gasteiger partial charge on any atom is -0.488 e. The zero-order valence-corrected chi connectivity index (χ0v) is 11.5. The Balaban J connectivity index is 1.94. The monoisotopic (exact) mass is 271 g/mol. The van der Waals surface area contributed by atoms with Gasteiger partial charge >= 0.3 is 0 Å². The summed E-state index contributed by atoms with van der Waals surface area (Å²) >= 11 is 0. The molecule has 1 saturated heterocycles. The number of rotatable bonds is 3. The van der Waals surface area contributed by atoms with Gasteiger partial charge in [0.25, 0.3) is 0 Å². The van der Waals surface area contributed by atoms with Gasteiger partial charge in [-0.25, -0.2) is 4.39 Å². The molecule has 0 radical (unpaired) electrons. The maximum Gasteiger partial charge on any atom is 0.127 e. The average Bonchev–Trinajstić information content (AvgIpc) is 2.95. The van der Waals surface area contributed by atoms with Crippen LogP contribution in [-0.2, 0) is 0 Å². The van der Waals surface area contributed by atoms with E-state index in [9.17, 15) is 4.39 Å². The lowest BCUT2D eigenvalue weighted by Gasteiger charge is -2.17. The summed E-state index contributed by atoms with van der Waals surface area (Å²) in [4.78, 5) is 0. The number of hydrogen-bond acceptors (Lipinski definition) is 2. The Bertz CT molecular complexity index is 588. The summed E-state index contributed by atoms with van der Waals surface area (Å²) in [6.07, 6.45) is 1.24. The lowest BCUT2D eigenvalue weighted by atomic mass is 10.0. The Morgan fingerprint density at radius 3 is 2.65 bits per heavy atom. The normalized spacial score (nSPS) is 18.2. The fraction of sp³-hybridized carbons (Fsp3) is 0.294. The van der Waals surface area contributed by atoms with Gasteiger partial charge in [-0.2, -0.15) is 0 Å². The third-order valence-corrected chi connectivity index (χ3v) is 3.60. The Hall–Kier alpha value is -1.87. The zero-order valence-electron chi connectivity index (χ0n) is 11.5. The van der Waals surface area contributed by atoms with Crippen molar-refractivity contribution in [1.29, 1.82) is 0 Å². The fourth-order valence-corrected chi connectivity index (χ4v) is 2.51. The first-order valence-corrected chi connectivity index (χ1v) is 6.96. The average molecular weight is 271 g/mol. The number of benzene rings is 2. The quantitative estimate of drug-likeness (QED) is 0.922. The first kappa shape index (κ1) is 13.1. The molecule has 0 amide bonds. The number of aryl methyl sites for hydroxylation is 1. The zero-order chi connectivity index (χ0) is 13.9. The Morgan fingerprint density at radius 2 is 1.95 bits per heavy atom. The van der Waals surface area contributed by atoms with Crippen LogP contribution in [0.25, 0.3) is 11.1 Å². The van der Waals surface area contributed by atoms with E-state index in [2.05, 4.69) is 11.4 Å². The highest BCUT2D eigenvalue weighted by Crippen LogP contribution is 2.32. The van der Waals surface area contributed by atoms with E-state index in [0.717, 1.165) is 36.4 Å². The van der Waals surface area contributed by atoms with Gasteiger partial charge in [-0.1, -0.05) is 23.8 Å². The third kappa shape index (κ3) is 2.83. The molecular weight excluding hydrogens is 253 g/mol. The lowest BCUT2D eigenvalue weighted by molar-refractivity contribution is 0.224. The second kappa shape index (κ2) is 5.63. The van der Waals surface area contributed by atoms with Crippen molar-refractivity contribution >= 4 is 0 Å². The molecule has 2 aromatic rings. The summed E-state index contributed by atoms with van der Waals surface area (Å²) in [5, 5.41) is 3.30. The Labute approximate surface area is 118 Å². The highest BCUT2D eigenvalue weighted by molar-refractivity contribution is 5.71. The second-order valence-electron chi connectivity index (χ2n) is 5.24. The van der Waals surface area contributed by atoms with Crippen molar-refractivity contribution in [3.8, 4) is 16.9 Å². The predicted octanol–water partition coefficient (Wildman–Crippen LogP) is 3.54. The molecule has 3 rings (SSSR count). The fourth-order valence-electron chi connectivity index (χ4n) is 2.51. The van der Waals surface area contributed by atoms with Gasteiger partial charge in [0.05, 0.1) is 0 Å². The predicted molar refractivity (Wildman–Crippen MR) is 78.5 cm³/mol. The van der Waals surface area contributed by atoms with Crippen LogP contribution in [-0.4, -0.2) is 19.2 Å². The van der Waals surface area contributed by atoms with E-state index >= 15 is 0 Å². The lowest BCUT2D eigenvalue weighted by Crippen LogP contribution is -2.19. The Kier molecular flexibility index (Phi) is 3.70. The smallest absolute Gasteiger partial charge is 0.127 e. The molecule has 20 heavy (non-hydrogen) atoms. The maximum atomic E-state index is 13.1. The molecule has 0 spiro atoms. The molecular formula is C17H18FNO. The van der Waals surface area contributed by atoms with Crippen LogP contribution in [0, 0.1) is 12.7 Å². The van der Waals surface area contributed by atoms with Crippen molar-refractivity contribution in [2.75, 3.05) is 13.1 Å². The molecule has 0 saturated carbocycles. The van der Waals surface area contributed by atoms with E-state index in [1.54, 1.807) is 12.1 Å². The summed E-state index contributed by atoms with van der Waals surface area (Å²) in [5.74, 6) is 0.653. The van der Waals surface area contributed by atoms with Gasteiger partial charge in [0, 0.05) is 12.1 Å². The van der Waals surface area contributed by atoms with E-state index in [1.165, 1.54) is 17.7 Å². The second-order valence-corrected chi connectivity index (χ2v) is 5.24. The van der Waals surface area contributed by atoms with E-state index in [0.29, 0.717) is 0 Å². The minimum atomic E-state index is -0.219. The van der Waals surface area contributed by atoms with Crippen LogP contribution in [0.3, 0.4) is 0 Å². The molecule has 1 heterocycles. The van der Waals surface area contributed by atoms with Gasteiger partial charge in [-0.15, -0.1) is 0 Å². The van der Waals surface area contributed by atoms with Gasteiger partial charge in [0.1, 0.15) is 17.7 Å². The summed E-state index contributed by atoms with van der Waals surface area (Å²) in [5.41, 5.74) is 3.18. The van der Waals surface area contributed by atoms with Gasteiger partial charge in [-0.3, -0.25) is 0 Å². The van der Waals surface area contributed by atoms with Gasteiger partial charge in [0.15, 0.2) is 0 Å². The van der Waals surface area contributed by atoms with E-state index < -0.39 is 0 Å². The molecule has 2 aromatic carbocycles. The summed E-state index contributed by atoms with van der Waals surface area (Å²) < 4.78 is 19.2. The Morgan fingerprint density at radius 1 is 1.15 bits per heavy atom. The molecule has 1 aliphatic rings. The van der Waals surface area contributed by atoms with Crippen LogP contribution in [0.15, 0.2) is 42.5 Å². The number of halogens is 1. The van der Waals surface area contributed by atoms with Crippen LogP contribution in [0.5, 0.6) is 5.75 Å². The molecule has 0 aromatic heterocycles. The van der Waals surface area contributed by atoms with Crippen molar-refractivity contribution in [2.45, 2.75) is 19.4 Å². The van der Waals surface area contributed by atoms with Crippen LogP contribution >= 0.6 is 0 Å². The highest BCUT2D eigenvalue weighted by atomic mass is 19.1. The van der Waals surface area contributed by atoms with Crippen LogP contribution in [0.4, 0.5) is 4.39 Å². The number of hydrogen-bond donors (Lipinski definition) is 1. The van der Waals surface area contributed by atoms with Crippen molar-refractivity contribution < 1.29 is 9.13 Å². The van der Waals surface area contributed by atoms with Gasteiger partial charge < -0.3 is 10.1 Å². The van der Waals surface area contributed by atoms with Crippen molar-refractivity contribution in [3.63, 3.8) is 0 Å². The van der Waals surface area contributed by atoms with E-state index in [4.69, 9.17) is 4.74 Å². The summed E-state index contributed by atoms with van der Waals surface area (Å²) in [6.45, 7) is 3.94. The van der Waals surface area contributed by atoms with Crippen molar-refractivity contribution in [2.24, 2.45) is 0 Å². The topological polar surface area (TPSA) is 21.3 Å². The molecule has 1 aliphatic heterocycles. The van der Waals surface area contributed by atoms with E-state index in [1.807, 2.05) is 19.1 Å². The van der Waals surface area contributed by atoms with Gasteiger partial charge in [-0.05, 0) is 49.7 Å². The molecule has 3 heteroatoms. The standard InChI is InChI=1S/C17H18FNO/c1-12-2-7-17(20-15-8-9-19-11-15)16(10-12)13-3-5-14(18)6-4-13/h2-7,10,15,19H,8-9,11H2,1H3/t15-/m0/s1. The molecule has 0 aliphatic carbocycles. The highest BCUT2D eigenvalue weighted by Gasteiger charge is 2.18. The van der Waals surface area contributed by atoms with Crippen LogP contribution < -0.4 is 10.1 Å². The summed E-state index contributed by atoms with van der Waals surface area (Å²) in [6, 6.07) is 12.7. The SMILES string of the molecule is Cc1ccc(O[C@H]2CCNC2)c(-c2ccc(F)cc2)c1. The molecule has 1 fully saturated rings. The maximum absolute atomic E-state index is 13.1. The third-order valence-electron chi connectivity index (χ3n) is 3.60. The van der Waals surface area contributed by atoms with Crippen LogP contribution in [0.1, 0.15) is 12.0 Å². The minimum absolute atomic E-state index is 0.219. The molecule has 2 nitrogen and oxygen atoms in total. The molecule has 0 unspecified atom stereocenters. The van der Waals surface area contributed by atoms with Crippen molar-refractivity contribution in [1.82, 2.24) is 5.32 Å².